The summed E-state index contributed by atoms with van der Waals surface area (Å²) in [6.45, 7) is 6.42. The van der Waals surface area contributed by atoms with Gasteiger partial charge in [0, 0.05) is 48.1 Å². The first-order chi connectivity index (χ1) is 19.8. The van der Waals surface area contributed by atoms with Gasteiger partial charge in [0.2, 0.25) is 0 Å². The number of rotatable bonds is 8. The van der Waals surface area contributed by atoms with Crippen LogP contribution in [0.1, 0.15) is 68.3 Å². The Morgan fingerprint density at radius 3 is 2.73 bits per heavy atom. The summed E-state index contributed by atoms with van der Waals surface area (Å²) in [5, 5.41) is 1.23. The molecular formula is C35H40N4O2. The van der Waals surface area contributed by atoms with Gasteiger partial charge in [-0.05, 0) is 86.1 Å². The molecule has 212 valence electrons. The van der Waals surface area contributed by atoms with E-state index in [1.807, 2.05) is 12.1 Å². The molecule has 5 fully saturated rings. The van der Waals surface area contributed by atoms with E-state index in [0.29, 0.717) is 28.7 Å². The third-order valence-corrected chi connectivity index (χ3v) is 10.4. The number of amides is 1. The summed E-state index contributed by atoms with van der Waals surface area (Å²) in [6, 6.07) is 13.4. The number of hydrogen-bond acceptors (Lipinski definition) is 3. The molecule has 1 atom stereocenters. The van der Waals surface area contributed by atoms with Crippen molar-refractivity contribution >= 4 is 33.9 Å². The number of imidazole rings is 1. The van der Waals surface area contributed by atoms with Crippen LogP contribution >= 0.6 is 0 Å². The zero-order valence-electron chi connectivity index (χ0n) is 24.7. The summed E-state index contributed by atoms with van der Waals surface area (Å²) >= 11 is 0. The van der Waals surface area contributed by atoms with Crippen molar-refractivity contribution in [2.24, 2.45) is 30.2 Å². The molecule has 1 amide bonds. The lowest BCUT2D eigenvalue weighted by atomic mass is 9.63. The molecule has 4 saturated carbocycles. The summed E-state index contributed by atoms with van der Waals surface area (Å²) in [7, 11) is 3.76. The molecule has 2 aromatic carbocycles. The summed E-state index contributed by atoms with van der Waals surface area (Å²) < 4.78 is 10.5. The molecule has 2 bridgehead atoms. The van der Waals surface area contributed by atoms with Crippen LogP contribution in [0.15, 0.2) is 42.5 Å². The van der Waals surface area contributed by atoms with Gasteiger partial charge in [0.05, 0.1) is 18.3 Å². The Kier molecular flexibility index (Phi) is 5.52. The number of aromatic nitrogens is 3. The molecule has 1 spiro atoms. The van der Waals surface area contributed by atoms with Gasteiger partial charge in [0.1, 0.15) is 11.3 Å². The number of allylic oxidation sites excluding steroid dienone is 1. The predicted octanol–water partition coefficient (Wildman–Crippen LogP) is 7.30. The fraction of sp³-hybridized carbons (Fsp3) is 0.486. The van der Waals surface area contributed by atoms with Crippen LogP contribution in [-0.4, -0.2) is 44.6 Å². The quantitative estimate of drug-likeness (QED) is 0.232. The Morgan fingerprint density at radius 2 is 2.00 bits per heavy atom. The zero-order valence-corrected chi connectivity index (χ0v) is 24.7. The number of ether oxygens (including phenoxy) is 1. The van der Waals surface area contributed by atoms with Gasteiger partial charge in [-0.2, -0.15) is 0 Å². The van der Waals surface area contributed by atoms with Gasteiger partial charge in [-0.25, -0.2) is 4.98 Å². The van der Waals surface area contributed by atoms with Crippen LogP contribution in [0.2, 0.25) is 0 Å². The molecule has 4 aromatic rings. The Hall–Kier alpha value is -3.54. The van der Waals surface area contributed by atoms with Gasteiger partial charge in [-0.3, -0.25) is 4.79 Å². The van der Waals surface area contributed by atoms with Crippen molar-refractivity contribution in [3.63, 3.8) is 0 Å². The fourth-order valence-corrected chi connectivity index (χ4v) is 8.11. The molecule has 5 aliphatic rings. The molecule has 1 unspecified atom stereocenters. The number of aryl methyl sites for hydroxylation is 1. The lowest BCUT2D eigenvalue weighted by Crippen LogP contribution is -2.64. The van der Waals surface area contributed by atoms with Crippen molar-refractivity contribution in [1.29, 1.82) is 0 Å². The number of likely N-dealkylation sites (tertiary alicyclic amines) is 1. The molecule has 6 nitrogen and oxygen atoms in total. The topological polar surface area (TPSA) is 52.3 Å². The number of carbonyl (C=O) groups is 1. The van der Waals surface area contributed by atoms with Crippen molar-refractivity contribution in [2.75, 3.05) is 13.7 Å². The molecule has 6 heteroatoms. The summed E-state index contributed by atoms with van der Waals surface area (Å²) in [6.07, 6.45) is 12.0. The fourth-order valence-electron chi connectivity index (χ4n) is 8.11. The van der Waals surface area contributed by atoms with Gasteiger partial charge in [0.15, 0.2) is 5.82 Å². The van der Waals surface area contributed by atoms with E-state index in [1.165, 1.54) is 48.6 Å². The second-order valence-electron chi connectivity index (χ2n) is 13.8. The highest BCUT2D eigenvalue weighted by molar-refractivity contribution is 6.01. The number of fused-ring (bicyclic) bond motifs is 2. The number of hydrogen-bond donors (Lipinski definition) is 0. The van der Waals surface area contributed by atoms with E-state index in [0.717, 1.165) is 53.9 Å². The second-order valence-corrected chi connectivity index (χ2v) is 13.8. The first-order valence-electron chi connectivity index (χ1n) is 15.5. The Labute approximate surface area is 242 Å². The van der Waals surface area contributed by atoms with Gasteiger partial charge < -0.3 is 18.8 Å². The first kappa shape index (κ1) is 25.2. The average Bonchev–Trinajstić information content (AvgIpc) is 3.40. The van der Waals surface area contributed by atoms with Gasteiger partial charge >= 0.3 is 0 Å². The maximum absolute atomic E-state index is 13.7. The minimum absolute atomic E-state index is 0.126. The molecule has 1 aliphatic heterocycles. The molecule has 4 aliphatic carbocycles. The van der Waals surface area contributed by atoms with Crippen LogP contribution in [-0.2, 0) is 13.6 Å². The maximum atomic E-state index is 13.7. The van der Waals surface area contributed by atoms with Crippen molar-refractivity contribution in [3.05, 3.63) is 53.6 Å². The minimum Gasteiger partial charge on any atom is -0.494 e. The van der Waals surface area contributed by atoms with Crippen LogP contribution in [0.5, 0.6) is 5.75 Å². The largest absolute Gasteiger partial charge is 0.494 e. The number of benzene rings is 2. The number of carbonyl (C=O) groups excluding carboxylic acids is 1. The molecule has 2 aromatic heterocycles. The number of methoxy groups -OCH3 is 1. The predicted molar refractivity (Wildman–Crippen MR) is 164 cm³/mol. The zero-order chi connectivity index (χ0) is 28.0. The maximum Gasteiger partial charge on any atom is 0.254 e. The van der Waals surface area contributed by atoms with Crippen LogP contribution < -0.4 is 4.74 Å². The molecule has 0 radical (unpaired) electrons. The van der Waals surface area contributed by atoms with E-state index in [9.17, 15) is 4.79 Å². The lowest BCUT2D eigenvalue weighted by Gasteiger charge is -2.56. The Balaban J connectivity index is 1.20. The third kappa shape index (κ3) is 3.89. The monoisotopic (exact) mass is 548 g/mol. The van der Waals surface area contributed by atoms with Gasteiger partial charge in [-0.1, -0.05) is 38.1 Å². The highest BCUT2D eigenvalue weighted by atomic mass is 16.5. The summed E-state index contributed by atoms with van der Waals surface area (Å²) in [5.74, 6) is 3.96. The Morgan fingerprint density at radius 1 is 1.17 bits per heavy atom. The highest BCUT2D eigenvalue weighted by Gasteiger charge is 2.66. The standard InChI is InChI=1S/C35H40N4O2/c1-21(2)6-5-7-22-10-11-25-15-29(38(28(25)12-22)19-23-8-9-23)33-36-27-14-26(16-30(41-4)32(27)37(33)3)34(40)39-20-35-17-24(18-35)13-31(35)39/h5,7,10-12,14-16,21,23-24,31H,6,8-9,13,17-20H2,1-4H3/b7-5+. The minimum atomic E-state index is 0.126. The Bertz CT molecular complexity index is 1730. The van der Waals surface area contributed by atoms with E-state index in [2.05, 4.69) is 71.3 Å². The highest BCUT2D eigenvalue weighted by Crippen LogP contribution is 2.66. The lowest BCUT2D eigenvalue weighted by molar-refractivity contribution is -0.0552. The van der Waals surface area contributed by atoms with Crippen LogP contribution in [0.4, 0.5) is 0 Å². The molecule has 3 heterocycles. The normalized spacial score (nSPS) is 24.9. The van der Waals surface area contributed by atoms with Crippen molar-refractivity contribution in [3.8, 4) is 17.3 Å². The van der Waals surface area contributed by atoms with Gasteiger partial charge in [0.25, 0.3) is 5.91 Å². The number of nitrogens with zero attached hydrogens (tertiary/aromatic N) is 4. The van der Waals surface area contributed by atoms with E-state index in [-0.39, 0.29) is 5.91 Å². The molecule has 1 saturated heterocycles. The summed E-state index contributed by atoms with van der Waals surface area (Å²) in [4.78, 5) is 21.0. The van der Waals surface area contributed by atoms with Crippen molar-refractivity contribution in [1.82, 2.24) is 19.0 Å². The molecule has 41 heavy (non-hydrogen) atoms. The van der Waals surface area contributed by atoms with Crippen molar-refractivity contribution < 1.29 is 9.53 Å². The molecule has 9 rings (SSSR count). The molecular weight excluding hydrogens is 508 g/mol. The van der Waals surface area contributed by atoms with E-state index < -0.39 is 0 Å². The first-order valence-corrected chi connectivity index (χ1v) is 15.5. The average molecular weight is 549 g/mol. The third-order valence-electron chi connectivity index (χ3n) is 10.4. The summed E-state index contributed by atoms with van der Waals surface area (Å²) in [5.41, 5.74) is 6.50. The molecule has 0 N–H and O–H groups in total. The van der Waals surface area contributed by atoms with Crippen LogP contribution in [0, 0.1) is 23.2 Å². The van der Waals surface area contributed by atoms with E-state index in [1.54, 1.807) is 7.11 Å². The van der Waals surface area contributed by atoms with Crippen molar-refractivity contribution in [2.45, 2.75) is 65.0 Å². The second kappa shape index (κ2) is 8.98. The van der Waals surface area contributed by atoms with E-state index >= 15 is 0 Å². The van der Waals surface area contributed by atoms with Crippen LogP contribution in [0.3, 0.4) is 0 Å². The van der Waals surface area contributed by atoms with Gasteiger partial charge in [-0.15, -0.1) is 0 Å². The SMILES string of the molecule is COc1cc(C(=O)N2CC34CC(CC23)C4)cc2nc(-c3cc4ccc(/C=C/CC(C)C)cc4n3CC3CC3)n(C)c12. The van der Waals surface area contributed by atoms with E-state index in [4.69, 9.17) is 9.72 Å². The smallest absolute Gasteiger partial charge is 0.254 e. The van der Waals surface area contributed by atoms with Crippen LogP contribution in [0.25, 0.3) is 39.5 Å².